The number of anilines is 1. The molecule has 4 rings (SSSR count). The van der Waals surface area contributed by atoms with Crippen molar-refractivity contribution in [2.45, 2.75) is 40.2 Å². The molecule has 1 amide bonds. The van der Waals surface area contributed by atoms with E-state index in [4.69, 9.17) is 17.0 Å². The van der Waals surface area contributed by atoms with Crippen molar-refractivity contribution in [3.05, 3.63) is 73.9 Å². The zero-order valence-electron chi connectivity index (χ0n) is 19.4. The first-order valence-electron chi connectivity index (χ1n) is 10.5. The summed E-state index contributed by atoms with van der Waals surface area (Å²) < 4.78 is 6.03. The molecule has 0 aromatic heterocycles. The van der Waals surface area contributed by atoms with Crippen LogP contribution in [0.1, 0.15) is 43.0 Å². The fourth-order valence-electron chi connectivity index (χ4n) is 4.19. The monoisotopic (exact) mass is 495 g/mol. The van der Waals surface area contributed by atoms with Crippen molar-refractivity contribution < 1.29 is 14.3 Å². The summed E-state index contributed by atoms with van der Waals surface area (Å²) >= 11 is 8.96. The van der Waals surface area contributed by atoms with E-state index in [1.165, 1.54) is 18.9 Å². The van der Waals surface area contributed by atoms with Gasteiger partial charge in [-0.2, -0.15) is 0 Å². The Hall–Kier alpha value is -2.35. The minimum atomic E-state index is -0.694. The van der Waals surface area contributed by atoms with Gasteiger partial charge in [-0.3, -0.25) is 4.79 Å². The Labute approximate surface area is 208 Å². The molecule has 2 aromatic rings. The molecular weight excluding hydrogens is 470 g/mol. The molecule has 170 valence electrons. The van der Waals surface area contributed by atoms with Gasteiger partial charge >= 0.3 is 5.97 Å². The Morgan fingerprint density at radius 3 is 2.27 bits per heavy atom. The molecule has 0 aliphatic carbocycles. The summed E-state index contributed by atoms with van der Waals surface area (Å²) in [5, 5.41) is 0. The number of hydrogen-bond donors (Lipinski definition) is 0. The fraction of sp³-hybridized carbons (Fsp3) is 0.269. The van der Waals surface area contributed by atoms with Crippen LogP contribution in [0.25, 0.3) is 10.5 Å². The Bertz CT molecular complexity index is 1260. The number of thioether (sulfide) groups is 2. The number of aryl methyl sites for hydroxylation is 2. The van der Waals surface area contributed by atoms with Crippen LogP contribution >= 0.6 is 35.7 Å². The molecule has 0 atom stereocenters. The average Bonchev–Trinajstić information content (AvgIpc) is 3.21. The summed E-state index contributed by atoms with van der Waals surface area (Å²) in [4.78, 5) is 29.3. The third kappa shape index (κ3) is 3.96. The van der Waals surface area contributed by atoms with E-state index in [0.717, 1.165) is 42.7 Å². The lowest BCUT2D eigenvalue weighted by Gasteiger charge is -2.45. The molecule has 0 bridgehead atoms. The van der Waals surface area contributed by atoms with Crippen molar-refractivity contribution in [2.24, 2.45) is 0 Å². The zero-order chi connectivity index (χ0) is 24.1. The SMILES string of the molecule is COC(=O)C1=C(c2ccccc2)S/C(=C2\C(=S)C(C)(C)N(C(C)=O)c3cc(C)c(C)cc32)S1. The fourth-order valence-corrected chi connectivity index (χ4v) is 7.35. The quantitative estimate of drug-likeness (QED) is 0.269. The predicted octanol–water partition coefficient (Wildman–Crippen LogP) is 6.51. The highest BCUT2D eigenvalue weighted by atomic mass is 32.2. The van der Waals surface area contributed by atoms with Crippen molar-refractivity contribution in [1.29, 1.82) is 0 Å². The van der Waals surface area contributed by atoms with Crippen LogP contribution in [-0.2, 0) is 14.3 Å². The molecule has 2 aliphatic heterocycles. The lowest BCUT2D eigenvalue weighted by Crippen LogP contribution is -2.55. The molecule has 0 saturated carbocycles. The van der Waals surface area contributed by atoms with Gasteiger partial charge in [-0.1, -0.05) is 66.1 Å². The number of carbonyl (C=O) groups excluding carboxylic acids is 2. The summed E-state index contributed by atoms with van der Waals surface area (Å²) in [6, 6.07) is 14.0. The van der Waals surface area contributed by atoms with E-state index in [1.54, 1.807) is 23.6 Å². The van der Waals surface area contributed by atoms with Gasteiger partial charge in [-0.15, -0.1) is 0 Å². The number of fused-ring (bicyclic) bond motifs is 1. The third-order valence-electron chi connectivity index (χ3n) is 5.99. The molecule has 4 nitrogen and oxygen atoms in total. The first-order chi connectivity index (χ1) is 15.6. The van der Waals surface area contributed by atoms with E-state index in [9.17, 15) is 9.59 Å². The van der Waals surface area contributed by atoms with Crippen LogP contribution in [0.15, 0.2) is 51.6 Å². The second-order valence-corrected chi connectivity index (χ2v) is 11.3. The molecule has 0 unspecified atom stereocenters. The normalized spacial score (nSPS) is 19.6. The number of rotatable bonds is 2. The van der Waals surface area contributed by atoms with Crippen LogP contribution in [0.5, 0.6) is 0 Å². The largest absolute Gasteiger partial charge is 0.465 e. The van der Waals surface area contributed by atoms with Gasteiger partial charge < -0.3 is 9.64 Å². The topological polar surface area (TPSA) is 46.6 Å². The molecule has 2 aromatic carbocycles. The summed E-state index contributed by atoms with van der Waals surface area (Å²) in [5.74, 6) is -0.422. The van der Waals surface area contributed by atoms with E-state index >= 15 is 0 Å². The molecule has 0 N–H and O–H groups in total. The summed E-state index contributed by atoms with van der Waals surface area (Å²) in [6.07, 6.45) is 0. The first kappa shape index (κ1) is 23.8. The highest BCUT2D eigenvalue weighted by Gasteiger charge is 2.44. The molecule has 0 fully saturated rings. The number of carbonyl (C=O) groups is 2. The van der Waals surface area contributed by atoms with Crippen LogP contribution < -0.4 is 4.90 Å². The molecule has 7 heteroatoms. The van der Waals surface area contributed by atoms with E-state index in [0.29, 0.717) is 9.77 Å². The maximum absolute atomic E-state index is 12.7. The van der Waals surface area contributed by atoms with Gasteiger partial charge in [0.15, 0.2) is 0 Å². The van der Waals surface area contributed by atoms with Crippen LogP contribution in [0, 0.1) is 13.8 Å². The lowest BCUT2D eigenvalue weighted by atomic mass is 9.82. The number of esters is 1. The zero-order valence-corrected chi connectivity index (χ0v) is 21.9. The van der Waals surface area contributed by atoms with Crippen LogP contribution in [-0.4, -0.2) is 29.4 Å². The number of methoxy groups -OCH3 is 1. The molecule has 0 radical (unpaired) electrons. The summed E-state index contributed by atoms with van der Waals surface area (Å²) in [5.41, 5.74) is 5.17. The van der Waals surface area contributed by atoms with Gasteiger partial charge in [0.05, 0.1) is 27.4 Å². The maximum atomic E-state index is 12.7. The van der Waals surface area contributed by atoms with Crippen LogP contribution in [0.3, 0.4) is 0 Å². The predicted molar refractivity (Wildman–Crippen MR) is 143 cm³/mol. The molecular formula is C26H25NO3S3. The molecule has 2 heterocycles. The van der Waals surface area contributed by atoms with Gasteiger partial charge in [0.1, 0.15) is 4.91 Å². The Balaban J connectivity index is 1.97. The van der Waals surface area contributed by atoms with Gasteiger partial charge in [-0.25, -0.2) is 4.79 Å². The number of ether oxygens (including phenoxy) is 1. The highest BCUT2D eigenvalue weighted by Crippen LogP contribution is 2.58. The van der Waals surface area contributed by atoms with E-state index in [2.05, 4.69) is 19.1 Å². The van der Waals surface area contributed by atoms with Gasteiger partial charge in [0.25, 0.3) is 0 Å². The molecule has 0 spiro atoms. The van der Waals surface area contributed by atoms with Crippen molar-refractivity contribution in [2.75, 3.05) is 12.0 Å². The second kappa shape index (κ2) is 8.78. The number of benzene rings is 2. The minimum Gasteiger partial charge on any atom is -0.465 e. The summed E-state index contributed by atoms with van der Waals surface area (Å²) in [6.45, 7) is 9.63. The van der Waals surface area contributed by atoms with Gasteiger partial charge in [0, 0.05) is 23.0 Å². The van der Waals surface area contributed by atoms with Crippen molar-refractivity contribution >= 4 is 68.6 Å². The molecule has 2 aliphatic rings. The smallest absolute Gasteiger partial charge is 0.345 e. The number of amides is 1. The number of thiocarbonyl (C=S) groups is 1. The van der Waals surface area contributed by atoms with E-state index in [-0.39, 0.29) is 11.9 Å². The Kier molecular flexibility index (Phi) is 6.33. The molecule has 0 saturated heterocycles. The number of hydrogen-bond acceptors (Lipinski definition) is 6. The minimum absolute atomic E-state index is 0.0546. The second-order valence-electron chi connectivity index (χ2n) is 8.58. The Morgan fingerprint density at radius 1 is 1.03 bits per heavy atom. The maximum Gasteiger partial charge on any atom is 0.345 e. The Morgan fingerprint density at radius 2 is 1.67 bits per heavy atom. The lowest BCUT2D eigenvalue weighted by molar-refractivity contribution is -0.135. The van der Waals surface area contributed by atoms with Crippen molar-refractivity contribution in [1.82, 2.24) is 0 Å². The van der Waals surface area contributed by atoms with Crippen LogP contribution in [0.4, 0.5) is 5.69 Å². The highest BCUT2D eigenvalue weighted by molar-refractivity contribution is 8.32. The van der Waals surface area contributed by atoms with E-state index < -0.39 is 5.54 Å². The van der Waals surface area contributed by atoms with Gasteiger partial charge in [-0.05, 0) is 56.5 Å². The van der Waals surface area contributed by atoms with Gasteiger partial charge in [0.2, 0.25) is 5.91 Å². The number of nitrogens with zero attached hydrogens (tertiary/aromatic N) is 1. The van der Waals surface area contributed by atoms with Crippen molar-refractivity contribution in [3.63, 3.8) is 0 Å². The van der Waals surface area contributed by atoms with Crippen LogP contribution in [0.2, 0.25) is 0 Å². The first-order valence-corrected chi connectivity index (χ1v) is 12.6. The summed E-state index contributed by atoms with van der Waals surface area (Å²) in [7, 11) is 1.40. The van der Waals surface area contributed by atoms with E-state index in [1.807, 2.05) is 51.1 Å². The third-order valence-corrected chi connectivity index (χ3v) is 9.32. The standard InChI is InChI=1S/C26H25NO3S3/c1-14-12-18-19(13-15(14)2)27(16(3)28)26(4,5)23(31)20(18)25-32-21(17-10-8-7-9-11-17)22(33-25)24(29)30-6/h7-13H,1-6H3/b25-20+. The average molecular weight is 496 g/mol. The van der Waals surface area contributed by atoms with Crippen molar-refractivity contribution in [3.8, 4) is 0 Å². The molecule has 33 heavy (non-hydrogen) atoms.